The van der Waals surface area contributed by atoms with E-state index < -0.39 is 85.9 Å². The lowest BCUT2D eigenvalue weighted by molar-refractivity contribution is -0.386. The van der Waals surface area contributed by atoms with Crippen molar-refractivity contribution in [3.63, 3.8) is 0 Å². The first-order valence-electron chi connectivity index (χ1n) is 13.7. The van der Waals surface area contributed by atoms with Crippen molar-refractivity contribution < 1.29 is 112 Å². The molecule has 35 heteroatoms. The molecule has 0 amide bonds. The van der Waals surface area contributed by atoms with Crippen molar-refractivity contribution >= 4 is 69.5 Å². The highest BCUT2D eigenvalue weighted by atomic mass is 32.2. The fourth-order valence-corrected chi connectivity index (χ4v) is 7.75. The van der Waals surface area contributed by atoms with E-state index in [1.165, 1.54) is 0 Å². The SMILES string of the molecule is C[Si](C)(C)C[CH+]CC(O[Si](C)(C)C)c1ccccc1[N+](=O)[O-].O=S(=O)(O[B-](OS(=O)(=O)C(F)(F)F)(OS(=O)(=O)C(F)(F)F)OS(=O)(=O)C(F)(F)F)C(F)(F)F. The number of hydrogen-bond acceptors (Lipinski definition) is 15. The van der Waals surface area contributed by atoms with Crippen molar-refractivity contribution in [3.8, 4) is 0 Å². The van der Waals surface area contributed by atoms with Gasteiger partial charge in [-0.2, -0.15) is 86.4 Å². The Morgan fingerprint density at radius 1 is 0.655 bits per heavy atom. The summed E-state index contributed by atoms with van der Waals surface area (Å²) in [4.78, 5) is 11.0. The number of nitro groups is 1. The van der Waals surface area contributed by atoms with Gasteiger partial charge in [0, 0.05) is 6.07 Å². The highest BCUT2D eigenvalue weighted by Crippen LogP contribution is 2.39. The third kappa shape index (κ3) is 16.3. The van der Waals surface area contributed by atoms with Crippen LogP contribution in [0, 0.1) is 16.5 Å². The summed E-state index contributed by atoms with van der Waals surface area (Å²) in [6, 6.07) is 8.04. The van der Waals surface area contributed by atoms with E-state index in [9.17, 15) is 96.5 Å². The molecule has 1 aromatic rings. The second kappa shape index (κ2) is 17.3. The van der Waals surface area contributed by atoms with Gasteiger partial charge in [-0.05, 0) is 25.7 Å². The summed E-state index contributed by atoms with van der Waals surface area (Å²) in [6.07, 6.45) is 2.78. The summed E-state index contributed by atoms with van der Waals surface area (Å²) in [6.45, 7) is 5.44. The van der Waals surface area contributed by atoms with Crippen molar-refractivity contribution in [1.82, 2.24) is 0 Å². The molecule has 0 fully saturated rings. The minimum atomic E-state index is -8.05. The monoisotopic (exact) mass is 945 g/mol. The lowest BCUT2D eigenvalue weighted by atomic mass is 10.0. The van der Waals surface area contributed by atoms with Gasteiger partial charge in [0.05, 0.1) is 31.0 Å². The molecule has 1 atom stereocenters. The Hall–Kier alpha value is -2.25. The van der Waals surface area contributed by atoms with Gasteiger partial charge in [0.15, 0.2) is 8.32 Å². The topological polar surface area (TPSA) is 226 Å². The van der Waals surface area contributed by atoms with Crippen LogP contribution in [0.25, 0.3) is 0 Å². The van der Waals surface area contributed by atoms with Crippen LogP contribution in [0.3, 0.4) is 0 Å². The molecule has 322 valence electrons. The summed E-state index contributed by atoms with van der Waals surface area (Å²) >= 11 is 0. The smallest absolute Gasteiger partial charge is 0.406 e. The van der Waals surface area contributed by atoms with Gasteiger partial charge in [-0.25, -0.2) is 0 Å². The number of benzene rings is 1. The van der Waals surface area contributed by atoms with Gasteiger partial charge in [-0.3, -0.25) is 10.1 Å². The van der Waals surface area contributed by atoms with Crippen molar-refractivity contribution in [2.24, 2.45) is 0 Å². The van der Waals surface area contributed by atoms with E-state index in [4.69, 9.17) is 4.43 Å². The van der Waals surface area contributed by atoms with E-state index >= 15 is 0 Å². The average Bonchev–Trinajstić information content (AvgIpc) is 2.87. The second-order valence-electron chi connectivity index (χ2n) is 12.4. The van der Waals surface area contributed by atoms with E-state index in [1.807, 2.05) is 12.1 Å². The minimum Gasteiger partial charge on any atom is -0.406 e. The highest BCUT2D eigenvalue weighted by molar-refractivity contribution is 7.93. The number of halogens is 12. The quantitative estimate of drug-likeness (QED) is 0.0442. The van der Waals surface area contributed by atoms with Gasteiger partial charge in [0.2, 0.25) is 0 Å². The van der Waals surface area contributed by atoms with Crippen LogP contribution in [-0.2, 0) is 61.3 Å². The zero-order valence-corrected chi connectivity index (χ0v) is 33.5. The van der Waals surface area contributed by atoms with Crippen LogP contribution in [0.2, 0.25) is 45.3 Å². The van der Waals surface area contributed by atoms with E-state index in [1.54, 1.807) is 12.1 Å². The Labute approximate surface area is 307 Å². The zero-order valence-electron chi connectivity index (χ0n) is 28.2. The molecule has 0 saturated heterocycles. The maximum atomic E-state index is 12.4. The molecule has 0 heterocycles. The summed E-state index contributed by atoms with van der Waals surface area (Å²) in [5, 5.41) is 11.3. The second-order valence-corrected chi connectivity index (χ2v) is 28.6. The number of para-hydroxylation sites is 1. The van der Waals surface area contributed by atoms with Crippen molar-refractivity contribution in [1.29, 1.82) is 0 Å². The summed E-state index contributed by atoms with van der Waals surface area (Å²) in [7, 11) is -35.1. The molecule has 16 nitrogen and oxygen atoms in total. The van der Waals surface area contributed by atoms with Gasteiger partial charge in [0.1, 0.15) is 12.5 Å². The fourth-order valence-electron chi connectivity index (χ4n) is 3.19. The predicted molar refractivity (Wildman–Crippen MR) is 167 cm³/mol. The third-order valence-electron chi connectivity index (χ3n) is 5.23. The third-order valence-corrected chi connectivity index (χ3v) is 12.0. The minimum absolute atomic E-state index is 0.159. The average molecular weight is 946 g/mol. The lowest BCUT2D eigenvalue weighted by Gasteiger charge is -2.37. The predicted octanol–water partition coefficient (Wildman–Crippen LogP) is 6.31. The Kier molecular flexibility index (Phi) is 16.6. The Morgan fingerprint density at radius 3 is 1.22 bits per heavy atom. The molecule has 0 radical (unpaired) electrons. The van der Waals surface area contributed by atoms with Gasteiger partial charge in [0.25, 0.3) is 5.69 Å². The van der Waals surface area contributed by atoms with Crippen molar-refractivity contribution in [2.45, 2.75) is 79.9 Å². The summed E-state index contributed by atoms with van der Waals surface area (Å²) in [5.74, 6) is 0. The number of alkyl halides is 12. The largest absolute Gasteiger partial charge is 0.587 e. The molecule has 0 aliphatic rings. The Morgan fingerprint density at radius 2 is 0.964 bits per heavy atom. The molecule has 1 unspecified atom stereocenters. The standard InChI is InChI=1S/C16H28NO3Si2.C4BF12O12S4/c1-21(2,3)13-9-12-16(20-22(4,5)6)14-10-7-8-11-15(14)17(18)19;6-1(7,8)30(18,19)26-5(27-31(20,21)2(9,10)11,28-32(22,23)3(12,13)14)29-33(24,25)4(15,16)17/h7-11,16H,12-13H2,1-6H3;/q+1;-1. The molecule has 1 rings (SSSR count). The molecule has 0 aliphatic carbocycles. The van der Waals surface area contributed by atoms with Crippen LogP contribution < -0.4 is 0 Å². The molecule has 1 aromatic carbocycles. The molecule has 0 N–H and O–H groups in total. The number of nitrogens with zero attached hydrogens (tertiary/aromatic N) is 1. The summed E-state index contributed by atoms with van der Waals surface area (Å²) in [5.41, 5.74) is -27.7. The fraction of sp³-hybridized carbons (Fsp3) is 0.650. The van der Waals surface area contributed by atoms with Crippen LogP contribution in [-0.4, -0.2) is 84.0 Å². The van der Waals surface area contributed by atoms with E-state index in [-0.39, 0.29) is 16.7 Å². The van der Waals surface area contributed by atoms with E-state index in [0.29, 0.717) is 5.56 Å². The molecular weight excluding hydrogens is 917 g/mol. The molecule has 0 spiro atoms. The van der Waals surface area contributed by atoms with E-state index in [2.05, 4.69) is 62.1 Å². The molecule has 0 aromatic heterocycles. The number of hydrogen-bond donors (Lipinski definition) is 0. The molecule has 0 aliphatic heterocycles. The normalized spacial score (nSPS) is 15.2. The van der Waals surface area contributed by atoms with Crippen molar-refractivity contribution in [3.05, 3.63) is 46.4 Å². The molecule has 0 bridgehead atoms. The van der Waals surface area contributed by atoms with Crippen LogP contribution in [0.1, 0.15) is 18.1 Å². The maximum Gasteiger partial charge on any atom is 0.587 e. The first-order valence-corrected chi connectivity index (χ1v) is 26.5. The number of rotatable bonds is 16. The van der Waals surface area contributed by atoms with Gasteiger partial charge < -0.3 is 20.8 Å². The Bertz CT molecular complexity index is 1760. The van der Waals surface area contributed by atoms with E-state index in [0.717, 1.165) is 12.5 Å². The van der Waals surface area contributed by atoms with Crippen LogP contribution in [0.5, 0.6) is 0 Å². The maximum absolute atomic E-state index is 12.4. The number of nitro benzene ring substituents is 1. The molecule has 0 saturated carbocycles. The van der Waals surface area contributed by atoms with Crippen LogP contribution in [0.15, 0.2) is 24.3 Å². The first-order chi connectivity index (χ1) is 23.8. The van der Waals surface area contributed by atoms with Crippen molar-refractivity contribution in [2.75, 3.05) is 0 Å². The van der Waals surface area contributed by atoms with Crippen LogP contribution >= 0.6 is 0 Å². The van der Waals surface area contributed by atoms with Crippen LogP contribution in [0.4, 0.5) is 58.4 Å². The zero-order chi connectivity index (χ0) is 44.3. The summed E-state index contributed by atoms with van der Waals surface area (Å²) < 4.78 is 251. The Balaban J connectivity index is 0.00000115. The highest BCUT2D eigenvalue weighted by Gasteiger charge is 2.64. The molecular formula is C20H28BF12NO15S4Si2. The first kappa shape index (κ1) is 52.7. The van der Waals surface area contributed by atoms with Gasteiger partial charge in [-0.1, -0.05) is 31.8 Å². The van der Waals surface area contributed by atoms with Gasteiger partial charge in [-0.15, -0.1) is 0 Å². The molecule has 55 heavy (non-hydrogen) atoms. The lowest BCUT2D eigenvalue weighted by Crippen LogP contribution is -2.59. The van der Waals surface area contributed by atoms with Gasteiger partial charge >= 0.3 is 69.5 Å².